The minimum Gasteiger partial charge on any atom is -0.464 e. The Hall–Kier alpha value is -3.56. The lowest BCUT2D eigenvalue weighted by atomic mass is 9.93. The number of fused-ring (bicyclic) bond motifs is 1. The van der Waals surface area contributed by atoms with E-state index < -0.39 is 23.7 Å². The Morgan fingerprint density at radius 2 is 2.03 bits per heavy atom. The van der Waals surface area contributed by atoms with E-state index in [0.717, 1.165) is 23.9 Å². The number of carbonyl (C=O) groups excluding carboxylic acids is 2. The van der Waals surface area contributed by atoms with Crippen molar-refractivity contribution in [2.75, 3.05) is 13.4 Å². The summed E-state index contributed by atoms with van der Waals surface area (Å²) in [7, 11) is 0. The molecule has 0 radical (unpaired) electrons. The van der Waals surface area contributed by atoms with Gasteiger partial charge in [-0.25, -0.2) is 9.59 Å². The summed E-state index contributed by atoms with van der Waals surface area (Å²) in [6.07, 6.45) is 8.26. The summed E-state index contributed by atoms with van der Waals surface area (Å²) in [5.74, 6) is 0.682. The van der Waals surface area contributed by atoms with Crippen molar-refractivity contribution in [3.05, 3.63) is 48.3 Å². The van der Waals surface area contributed by atoms with Crippen LogP contribution in [0.5, 0.6) is 0 Å². The number of aromatic nitrogens is 3. The molecular formula is C25H32N4O6. The van der Waals surface area contributed by atoms with Crippen molar-refractivity contribution in [3.63, 3.8) is 0 Å². The van der Waals surface area contributed by atoms with E-state index in [-0.39, 0.29) is 12.7 Å². The zero-order valence-electron chi connectivity index (χ0n) is 20.3. The van der Waals surface area contributed by atoms with E-state index in [2.05, 4.69) is 15.6 Å². The molecule has 35 heavy (non-hydrogen) atoms. The van der Waals surface area contributed by atoms with Crippen molar-refractivity contribution >= 4 is 23.1 Å². The van der Waals surface area contributed by atoms with Crippen LogP contribution in [-0.2, 0) is 19.0 Å². The van der Waals surface area contributed by atoms with E-state index in [1.807, 2.05) is 42.5 Å². The molecule has 0 aliphatic heterocycles. The number of alkyl carbamates (subject to hydrolysis) is 1. The number of nitrogens with zero attached hydrogens (tertiary/aromatic N) is 3. The first-order valence-electron chi connectivity index (χ1n) is 11.9. The largest absolute Gasteiger partial charge is 0.464 e. The monoisotopic (exact) mass is 484 g/mol. The minimum atomic E-state index is -0.793. The normalized spacial score (nSPS) is 18.5. The molecule has 1 heterocycles. The maximum atomic E-state index is 12.7. The van der Waals surface area contributed by atoms with Crippen LogP contribution in [0.4, 0.5) is 4.79 Å². The number of para-hydroxylation sites is 1. The summed E-state index contributed by atoms with van der Waals surface area (Å²) < 4.78 is 16.4. The second kappa shape index (κ2) is 10.8. The van der Waals surface area contributed by atoms with E-state index in [1.165, 1.54) is 4.85 Å². The average Bonchev–Trinajstić information content (AvgIpc) is 3.56. The van der Waals surface area contributed by atoms with Crippen LogP contribution >= 0.6 is 0 Å². The van der Waals surface area contributed by atoms with Gasteiger partial charge < -0.3 is 24.4 Å². The fourth-order valence-corrected chi connectivity index (χ4v) is 3.57. The van der Waals surface area contributed by atoms with Gasteiger partial charge in [0.1, 0.15) is 28.4 Å². The molecule has 10 nitrogen and oxygen atoms in total. The van der Waals surface area contributed by atoms with Crippen molar-refractivity contribution in [1.82, 2.24) is 20.5 Å². The molecule has 4 rings (SSSR count). The number of allylic oxidation sites excluding steroid dienone is 3. The van der Waals surface area contributed by atoms with Gasteiger partial charge in [0.25, 0.3) is 6.79 Å². The molecule has 10 heteroatoms. The SMILES string of the molecule is CC(C)(C)OC(=O)NC(CC1C=CC(OCOn2nnc3ccccc32)=CC1)C(=O)OCC1CC1. The molecule has 1 N–H and O–H groups in total. The predicted octanol–water partition coefficient (Wildman–Crippen LogP) is 3.53. The van der Waals surface area contributed by atoms with Gasteiger partial charge in [0.2, 0.25) is 0 Å². The fourth-order valence-electron chi connectivity index (χ4n) is 3.57. The Balaban J connectivity index is 1.27. The van der Waals surface area contributed by atoms with Crippen LogP contribution in [0.2, 0.25) is 0 Å². The molecule has 1 aromatic carbocycles. The van der Waals surface area contributed by atoms with Gasteiger partial charge in [0, 0.05) is 0 Å². The Kier molecular flexibility index (Phi) is 7.57. The van der Waals surface area contributed by atoms with Gasteiger partial charge in [-0.2, -0.15) is 0 Å². The van der Waals surface area contributed by atoms with Crippen LogP contribution < -0.4 is 10.2 Å². The van der Waals surface area contributed by atoms with Crippen LogP contribution in [0.1, 0.15) is 46.5 Å². The number of amides is 1. The summed E-state index contributed by atoms with van der Waals surface area (Å²) >= 11 is 0. The maximum absolute atomic E-state index is 12.7. The van der Waals surface area contributed by atoms with Crippen molar-refractivity contribution in [3.8, 4) is 0 Å². The van der Waals surface area contributed by atoms with E-state index in [0.29, 0.717) is 31.1 Å². The van der Waals surface area contributed by atoms with Crippen LogP contribution in [-0.4, -0.2) is 52.3 Å². The molecule has 1 aromatic heterocycles. The van der Waals surface area contributed by atoms with Gasteiger partial charge in [-0.3, -0.25) is 0 Å². The Bertz CT molecular complexity index is 1100. The molecule has 0 bridgehead atoms. The topological polar surface area (TPSA) is 114 Å². The second-order valence-electron chi connectivity index (χ2n) is 9.81. The molecule has 2 aliphatic rings. The quantitative estimate of drug-likeness (QED) is 0.402. The lowest BCUT2D eigenvalue weighted by Crippen LogP contribution is -2.45. The highest BCUT2D eigenvalue weighted by molar-refractivity contribution is 5.81. The van der Waals surface area contributed by atoms with Gasteiger partial charge in [-0.1, -0.05) is 23.1 Å². The number of esters is 1. The number of benzene rings is 1. The number of rotatable bonds is 10. The zero-order valence-corrected chi connectivity index (χ0v) is 20.3. The van der Waals surface area contributed by atoms with E-state index in [1.54, 1.807) is 20.8 Å². The summed E-state index contributed by atoms with van der Waals surface area (Å²) in [5, 5.41) is 10.7. The third kappa shape index (κ3) is 7.46. The minimum absolute atomic E-state index is 0.0240. The van der Waals surface area contributed by atoms with Gasteiger partial charge in [-0.15, -0.1) is 5.10 Å². The highest BCUT2D eigenvalue weighted by Crippen LogP contribution is 2.29. The molecule has 1 amide bonds. The molecule has 2 atom stereocenters. The first kappa shape index (κ1) is 24.6. The summed E-state index contributed by atoms with van der Waals surface area (Å²) in [6.45, 7) is 5.68. The van der Waals surface area contributed by atoms with Crippen molar-refractivity contribution in [1.29, 1.82) is 0 Å². The third-order valence-electron chi connectivity index (χ3n) is 5.55. The third-order valence-corrected chi connectivity index (χ3v) is 5.55. The highest BCUT2D eigenvalue weighted by atomic mass is 16.8. The smallest absolute Gasteiger partial charge is 0.408 e. The molecule has 2 aromatic rings. The Morgan fingerprint density at radius 3 is 2.74 bits per heavy atom. The van der Waals surface area contributed by atoms with Crippen molar-refractivity contribution < 1.29 is 28.6 Å². The number of nitrogens with one attached hydrogen (secondary N) is 1. The van der Waals surface area contributed by atoms with Crippen LogP contribution in [0.3, 0.4) is 0 Å². The van der Waals surface area contributed by atoms with Crippen LogP contribution in [0, 0.1) is 11.8 Å². The first-order valence-corrected chi connectivity index (χ1v) is 11.9. The molecule has 1 saturated carbocycles. The van der Waals surface area contributed by atoms with Crippen molar-refractivity contribution in [2.45, 2.75) is 58.1 Å². The van der Waals surface area contributed by atoms with E-state index in [9.17, 15) is 9.59 Å². The van der Waals surface area contributed by atoms with Crippen molar-refractivity contribution in [2.24, 2.45) is 11.8 Å². The first-order chi connectivity index (χ1) is 16.8. The molecule has 0 saturated heterocycles. The Morgan fingerprint density at radius 1 is 1.23 bits per heavy atom. The maximum Gasteiger partial charge on any atom is 0.408 e. The van der Waals surface area contributed by atoms with Gasteiger partial charge in [0.15, 0.2) is 0 Å². The average molecular weight is 485 g/mol. The summed E-state index contributed by atoms with van der Waals surface area (Å²) in [4.78, 5) is 31.8. The molecule has 1 fully saturated rings. The zero-order chi connectivity index (χ0) is 24.8. The molecular weight excluding hydrogens is 452 g/mol. The van der Waals surface area contributed by atoms with Gasteiger partial charge in [0.05, 0.1) is 6.61 Å². The van der Waals surface area contributed by atoms with Crippen LogP contribution in [0.15, 0.2) is 48.3 Å². The second-order valence-corrected chi connectivity index (χ2v) is 9.81. The molecule has 2 unspecified atom stereocenters. The number of ether oxygens (including phenoxy) is 3. The number of hydrogen-bond acceptors (Lipinski definition) is 8. The summed E-state index contributed by atoms with van der Waals surface area (Å²) in [6, 6.07) is 6.68. The van der Waals surface area contributed by atoms with Crippen LogP contribution in [0.25, 0.3) is 11.0 Å². The van der Waals surface area contributed by atoms with E-state index >= 15 is 0 Å². The molecule has 188 valence electrons. The lowest BCUT2D eigenvalue weighted by Gasteiger charge is -2.25. The lowest BCUT2D eigenvalue weighted by molar-refractivity contribution is -0.147. The summed E-state index contributed by atoms with van der Waals surface area (Å²) in [5.41, 5.74) is 0.825. The molecule has 0 spiro atoms. The predicted molar refractivity (Wildman–Crippen MR) is 127 cm³/mol. The Labute approximate surface area is 204 Å². The van der Waals surface area contributed by atoms with Gasteiger partial charge in [-0.05, 0) is 87.8 Å². The standard InChI is InChI=1S/C25H32N4O6/c1-25(2,3)35-24(31)26-21(23(30)32-15-18-8-9-18)14-17-10-12-19(13-11-17)33-16-34-29-22-7-5-4-6-20(22)27-28-29/h4-7,10,12-13,17-18,21H,8-9,11,14-16H2,1-3H3,(H,26,31). The molecule has 2 aliphatic carbocycles. The fraction of sp³-hybridized carbons (Fsp3) is 0.520. The number of hydrogen-bond donors (Lipinski definition) is 1. The highest BCUT2D eigenvalue weighted by Gasteiger charge is 2.30. The van der Waals surface area contributed by atoms with E-state index in [4.69, 9.17) is 19.0 Å². The number of carbonyl (C=O) groups is 2. The van der Waals surface area contributed by atoms with Gasteiger partial charge >= 0.3 is 12.1 Å².